The Bertz CT molecular complexity index is 1350. The lowest BCUT2D eigenvalue weighted by Gasteiger charge is -2.50. The molecule has 0 aliphatic carbocycles. The lowest BCUT2D eigenvalue weighted by Crippen LogP contribution is -2.67. The minimum atomic E-state index is -1.20. The van der Waals surface area contributed by atoms with Gasteiger partial charge in [-0.25, -0.2) is 0 Å². The van der Waals surface area contributed by atoms with Crippen molar-refractivity contribution in [3.05, 3.63) is 118 Å². The highest BCUT2D eigenvalue weighted by Crippen LogP contribution is 2.39. The average molecular weight is 513 g/mol. The third kappa shape index (κ3) is 4.34. The van der Waals surface area contributed by atoms with Gasteiger partial charge in [-0.1, -0.05) is 77.9 Å². The summed E-state index contributed by atoms with van der Waals surface area (Å²) in [6.07, 6.45) is -4.16. The molecule has 3 aromatic rings. The minimum absolute atomic E-state index is 0.141. The van der Waals surface area contributed by atoms with Crippen molar-refractivity contribution in [1.29, 1.82) is 0 Å². The summed E-state index contributed by atoms with van der Waals surface area (Å²) in [7, 11) is 0. The molecule has 3 aromatic carbocycles. The first kappa shape index (κ1) is 24.3. The van der Waals surface area contributed by atoms with E-state index in [0.717, 1.165) is 16.0 Å². The van der Waals surface area contributed by atoms with E-state index in [0.29, 0.717) is 0 Å². The molecule has 0 aromatic heterocycles. The summed E-state index contributed by atoms with van der Waals surface area (Å²) in [5.74, 6) is -1.01. The van der Waals surface area contributed by atoms with E-state index in [4.69, 9.17) is 18.9 Å². The summed E-state index contributed by atoms with van der Waals surface area (Å²) >= 11 is 0. The second kappa shape index (κ2) is 10.4. The van der Waals surface area contributed by atoms with Gasteiger partial charge in [-0.2, -0.15) is 0 Å². The number of imide groups is 1. The standard InChI is InChI=1S/C28H24N4O6/c29-31-30-25-22(32-26(33)19-13-7-8-14-20(19)27(32)34)24(35-15-17-9-3-1-4-10-17)23-21(37-25)16-36-28(38-23)18-11-5-2-6-12-18/h1-14,21-25,28H,15-16H2/t21-,22-,23-,24-,25-,28?/m1/s1. The summed E-state index contributed by atoms with van der Waals surface area (Å²) in [5.41, 5.74) is 11.6. The molecule has 38 heavy (non-hydrogen) atoms. The lowest BCUT2D eigenvalue weighted by atomic mass is 9.93. The lowest BCUT2D eigenvalue weighted by molar-refractivity contribution is -0.324. The molecule has 0 bridgehead atoms. The fourth-order valence-corrected chi connectivity index (χ4v) is 5.21. The normalized spacial score (nSPS) is 28.4. The maximum absolute atomic E-state index is 13.5. The number of hydrogen-bond donors (Lipinski definition) is 0. The predicted molar refractivity (Wildman–Crippen MR) is 134 cm³/mol. The third-order valence-electron chi connectivity index (χ3n) is 6.97. The van der Waals surface area contributed by atoms with Crippen LogP contribution in [0.5, 0.6) is 0 Å². The van der Waals surface area contributed by atoms with E-state index < -0.39 is 48.7 Å². The zero-order valence-electron chi connectivity index (χ0n) is 20.2. The molecule has 10 heteroatoms. The van der Waals surface area contributed by atoms with Crippen LogP contribution in [-0.4, -0.2) is 53.9 Å². The Kier molecular flexibility index (Phi) is 6.63. The molecular formula is C28H24N4O6. The van der Waals surface area contributed by atoms with Gasteiger partial charge in [-0.15, -0.1) is 0 Å². The van der Waals surface area contributed by atoms with Crippen LogP contribution in [0.1, 0.15) is 38.1 Å². The molecule has 0 saturated carbocycles. The Balaban J connectivity index is 1.39. The van der Waals surface area contributed by atoms with Crippen molar-refractivity contribution in [1.82, 2.24) is 4.90 Å². The van der Waals surface area contributed by atoms with Gasteiger partial charge in [0.1, 0.15) is 24.4 Å². The number of amides is 2. The fourth-order valence-electron chi connectivity index (χ4n) is 5.21. The monoisotopic (exact) mass is 512 g/mol. The van der Waals surface area contributed by atoms with Crippen molar-refractivity contribution in [3.63, 3.8) is 0 Å². The maximum Gasteiger partial charge on any atom is 0.261 e. The molecule has 0 spiro atoms. The van der Waals surface area contributed by atoms with E-state index in [-0.39, 0.29) is 24.3 Å². The Morgan fingerprint density at radius 1 is 0.895 bits per heavy atom. The number of carbonyl (C=O) groups is 2. The van der Waals surface area contributed by atoms with Gasteiger partial charge in [-0.05, 0) is 23.2 Å². The van der Waals surface area contributed by atoms with Gasteiger partial charge < -0.3 is 18.9 Å². The molecule has 2 amide bonds. The molecule has 1 unspecified atom stereocenters. The number of benzene rings is 3. The van der Waals surface area contributed by atoms with Crippen LogP contribution >= 0.6 is 0 Å². The van der Waals surface area contributed by atoms with Crippen LogP contribution in [0.2, 0.25) is 0 Å². The summed E-state index contributed by atoms with van der Waals surface area (Å²) in [4.78, 5) is 31.1. The maximum atomic E-state index is 13.5. The van der Waals surface area contributed by atoms with Crippen LogP contribution in [0.3, 0.4) is 0 Å². The predicted octanol–water partition coefficient (Wildman–Crippen LogP) is 4.39. The molecule has 0 radical (unpaired) electrons. The van der Waals surface area contributed by atoms with E-state index in [2.05, 4.69) is 10.0 Å². The van der Waals surface area contributed by atoms with Gasteiger partial charge in [-0.3, -0.25) is 14.5 Å². The molecule has 3 heterocycles. The molecule has 6 rings (SSSR count). The molecule has 0 N–H and O–H groups in total. The van der Waals surface area contributed by atoms with Crippen molar-refractivity contribution in [2.45, 2.75) is 43.5 Å². The van der Waals surface area contributed by atoms with Crippen molar-refractivity contribution >= 4 is 11.8 Å². The Hall–Kier alpha value is -4.05. The Morgan fingerprint density at radius 2 is 1.53 bits per heavy atom. The van der Waals surface area contributed by atoms with E-state index >= 15 is 0 Å². The Morgan fingerprint density at radius 3 is 2.18 bits per heavy atom. The first-order valence-electron chi connectivity index (χ1n) is 12.3. The van der Waals surface area contributed by atoms with Crippen LogP contribution in [0.4, 0.5) is 0 Å². The van der Waals surface area contributed by atoms with E-state index in [1.54, 1.807) is 24.3 Å². The highest BCUT2D eigenvalue weighted by Gasteiger charge is 2.56. The zero-order chi connectivity index (χ0) is 26.1. The highest BCUT2D eigenvalue weighted by atomic mass is 16.7. The zero-order valence-corrected chi connectivity index (χ0v) is 20.2. The van der Waals surface area contributed by atoms with Crippen LogP contribution in [0.25, 0.3) is 10.4 Å². The molecule has 3 aliphatic heterocycles. The van der Waals surface area contributed by atoms with Crippen molar-refractivity contribution in [2.24, 2.45) is 5.11 Å². The third-order valence-corrected chi connectivity index (χ3v) is 6.97. The molecule has 2 fully saturated rings. The fraction of sp³-hybridized carbons (Fsp3) is 0.286. The van der Waals surface area contributed by atoms with Gasteiger partial charge >= 0.3 is 0 Å². The quantitative estimate of drug-likeness (QED) is 0.209. The summed E-state index contributed by atoms with van der Waals surface area (Å²) < 4.78 is 24.9. The van der Waals surface area contributed by atoms with Gasteiger partial charge in [0.2, 0.25) is 0 Å². The first-order valence-corrected chi connectivity index (χ1v) is 12.3. The topological polar surface area (TPSA) is 123 Å². The van der Waals surface area contributed by atoms with Crippen molar-refractivity contribution < 1.29 is 28.5 Å². The Labute approximate surface area is 218 Å². The van der Waals surface area contributed by atoms with Crippen LogP contribution in [-0.2, 0) is 25.6 Å². The van der Waals surface area contributed by atoms with Gasteiger partial charge in [0, 0.05) is 10.5 Å². The van der Waals surface area contributed by atoms with Gasteiger partial charge in [0.25, 0.3) is 11.8 Å². The SMILES string of the molecule is [N-]=[N+]=N[C@@H]1O[C@@H]2COC(c3ccccc3)O[C@H]2[C@H](OCc2ccccc2)[C@H]1N1C(=O)c2ccccc2C1=O. The van der Waals surface area contributed by atoms with Crippen molar-refractivity contribution in [2.75, 3.05) is 6.61 Å². The van der Waals surface area contributed by atoms with Gasteiger partial charge in [0.15, 0.2) is 12.5 Å². The summed E-state index contributed by atoms with van der Waals surface area (Å²) in [6, 6.07) is 24.5. The van der Waals surface area contributed by atoms with Crippen molar-refractivity contribution in [3.8, 4) is 0 Å². The van der Waals surface area contributed by atoms with Crippen LogP contribution in [0.15, 0.2) is 90.0 Å². The van der Waals surface area contributed by atoms with Crippen LogP contribution < -0.4 is 0 Å². The number of rotatable bonds is 6. The second-order valence-electron chi connectivity index (χ2n) is 9.22. The average Bonchev–Trinajstić information content (AvgIpc) is 3.22. The molecular weight excluding hydrogens is 488 g/mol. The van der Waals surface area contributed by atoms with Gasteiger partial charge in [0.05, 0.1) is 24.3 Å². The smallest absolute Gasteiger partial charge is 0.261 e. The number of nitrogens with zero attached hydrogens (tertiary/aromatic N) is 4. The number of ether oxygens (including phenoxy) is 4. The van der Waals surface area contributed by atoms with E-state index in [1.165, 1.54) is 0 Å². The molecule has 10 nitrogen and oxygen atoms in total. The summed E-state index contributed by atoms with van der Waals surface area (Å²) in [6.45, 7) is 0.319. The largest absolute Gasteiger partial charge is 0.368 e. The number of carbonyl (C=O) groups excluding carboxylic acids is 2. The van der Waals surface area contributed by atoms with E-state index in [9.17, 15) is 15.1 Å². The van der Waals surface area contributed by atoms with Crippen LogP contribution in [0, 0.1) is 0 Å². The molecule has 3 aliphatic rings. The minimum Gasteiger partial charge on any atom is -0.368 e. The molecule has 6 atom stereocenters. The summed E-state index contributed by atoms with van der Waals surface area (Å²) in [5, 5.41) is 3.84. The first-order chi connectivity index (χ1) is 18.7. The second-order valence-corrected chi connectivity index (χ2v) is 9.22. The molecule has 192 valence electrons. The molecule has 2 saturated heterocycles. The number of hydrogen-bond acceptors (Lipinski definition) is 7. The number of azide groups is 1. The highest BCUT2D eigenvalue weighted by molar-refractivity contribution is 6.21. The number of fused-ring (bicyclic) bond motifs is 2. The van der Waals surface area contributed by atoms with E-state index in [1.807, 2.05) is 60.7 Å².